The maximum atomic E-state index is 13.1. The molecule has 7 heteroatoms. The highest BCUT2D eigenvalue weighted by Gasteiger charge is 2.45. The lowest BCUT2D eigenvalue weighted by Crippen LogP contribution is -2.62. The first-order valence-electron chi connectivity index (χ1n) is 10.4. The summed E-state index contributed by atoms with van der Waals surface area (Å²) in [6, 6.07) is 17.5. The second-order valence-electron chi connectivity index (χ2n) is 7.49. The summed E-state index contributed by atoms with van der Waals surface area (Å²) in [5, 5.41) is 4.95. The molecule has 31 heavy (non-hydrogen) atoms. The van der Waals surface area contributed by atoms with Crippen LogP contribution in [0.3, 0.4) is 0 Å². The highest BCUT2D eigenvalue weighted by Crippen LogP contribution is 2.28. The van der Waals surface area contributed by atoms with Crippen LogP contribution >= 0.6 is 11.3 Å². The Kier molecular flexibility index (Phi) is 6.44. The predicted molar refractivity (Wildman–Crippen MR) is 121 cm³/mol. The molecule has 160 valence electrons. The molecule has 1 aromatic carbocycles. The number of carbonyl (C=O) groups excluding carboxylic acids is 2. The number of hydrogen-bond acceptors (Lipinski definition) is 5. The molecular weight excluding hydrogens is 410 g/mol. The van der Waals surface area contributed by atoms with E-state index in [0.717, 1.165) is 11.1 Å². The number of carbonyl (C=O) groups is 2. The van der Waals surface area contributed by atoms with Crippen molar-refractivity contribution in [1.29, 1.82) is 0 Å². The summed E-state index contributed by atoms with van der Waals surface area (Å²) in [7, 11) is 0. The van der Waals surface area contributed by atoms with Crippen LogP contribution in [0.5, 0.6) is 0 Å². The lowest BCUT2D eigenvalue weighted by atomic mass is 9.90. The first-order valence-corrected chi connectivity index (χ1v) is 11.2. The average molecular weight is 436 g/mol. The third-order valence-corrected chi connectivity index (χ3v) is 6.28. The van der Waals surface area contributed by atoms with E-state index in [2.05, 4.69) is 33.9 Å². The van der Waals surface area contributed by atoms with Gasteiger partial charge in [0.1, 0.15) is 5.69 Å². The molecule has 0 radical (unpaired) electrons. The molecule has 0 aliphatic carbocycles. The molecule has 0 spiro atoms. The molecule has 2 aromatic heterocycles. The molecule has 0 bridgehead atoms. The first-order chi connectivity index (χ1) is 15.1. The Hall–Kier alpha value is -3.03. The Balaban J connectivity index is 1.58. The van der Waals surface area contributed by atoms with E-state index in [9.17, 15) is 9.59 Å². The van der Waals surface area contributed by atoms with Crippen LogP contribution in [0.25, 0.3) is 10.4 Å². The van der Waals surface area contributed by atoms with Gasteiger partial charge in [0.25, 0.3) is 11.8 Å². The van der Waals surface area contributed by atoms with Gasteiger partial charge in [-0.05, 0) is 41.6 Å². The number of thiophene rings is 1. The number of rotatable bonds is 6. The second kappa shape index (κ2) is 9.41. The van der Waals surface area contributed by atoms with Gasteiger partial charge in [-0.3, -0.25) is 14.6 Å². The largest absolute Gasteiger partial charge is 0.361 e. The quantitative estimate of drug-likeness (QED) is 0.644. The molecule has 1 fully saturated rings. The van der Waals surface area contributed by atoms with Gasteiger partial charge in [-0.15, -0.1) is 11.3 Å². The van der Waals surface area contributed by atoms with Crippen molar-refractivity contribution < 1.29 is 14.3 Å². The van der Waals surface area contributed by atoms with Gasteiger partial charge in [-0.25, -0.2) is 0 Å². The lowest BCUT2D eigenvalue weighted by molar-refractivity contribution is -0.157. The summed E-state index contributed by atoms with van der Waals surface area (Å²) in [6.07, 6.45) is 1.98. The Morgan fingerprint density at radius 1 is 1.16 bits per heavy atom. The van der Waals surface area contributed by atoms with Gasteiger partial charge in [0, 0.05) is 30.6 Å². The maximum absolute atomic E-state index is 13.1. The number of benzene rings is 1. The first kappa shape index (κ1) is 21.2. The number of hydrogen-bond donors (Lipinski definition) is 1. The van der Waals surface area contributed by atoms with Gasteiger partial charge in [0.05, 0.1) is 13.2 Å². The van der Waals surface area contributed by atoms with E-state index in [4.69, 9.17) is 4.74 Å². The van der Waals surface area contributed by atoms with Gasteiger partial charge in [-0.1, -0.05) is 36.4 Å². The highest BCUT2D eigenvalue weighted by molar-refractivity contribution is 7.13. The van der Waals surface area contributed by atoms with Crippen molar-refractivity contribution in [1.82, 2.24) is 15.2 Å². The molecule has 1 atom stereocenters. The SMILES string of the molecule is CCNC(=O)C1(Cc2ccc(-c3cccs3)cc2)CN(C(=O)c2ccccn2)CCO1. The second-order valence-corrected chi connectivity index (χ2v) is 8.44. The van der Waals surface area contributed by atoms with Crippen LogP contribution in [-0.2, 0) is 16.0 Å². The molecule has 0 saturated carbocycles. The van der Waals surface area contributed by atoms with Crippen LogP contribution < -0.4 is 5.32 Å². The molecule has 4 rings (SSSR count). The normalized spacial score (nSPS) is 18.5. The van der Waals surface area contributed by atoms with Crippen molar-refractivity contribution in [2.75, 3.05) is 26.2 Å². The van der Waals surface area contributed by atoms with Gasteiger partial charge in [-0.2, -0.15) is 0 Å². The minimum atomic E-state index is -1.14. The van der Waals surface area contributed by atoms with Crippen LogP contribution in [0.2, 0.25) is 0 Å². The van der Waals surface area contributed by atoms with E-state index in [0.29, 0.717) is 31.8 Å². The van der Waals surface area contributed by atoms with Crippen molar-refractivity contribution >= 4 is 23.2 Å². The molecule has 1 N–H and O–H groups in total. The fourth-order valence-corrected chi connectivity index (χ4v) is 4.55. The molecule has 1 aliphatic heterocycles. The number of likely N-dealkylation sites (N-methyl/N-ethyl adjacent to an activating group) is 1. The number of amides is 2. The summed E-state index contributed by atoms with van der Waals surface area (Å²) in [6.45, 7) is 3.27. The standard InChI is InChI=1S/C24H25N3O3S/c1-2-25-23(29)24(16-18-8-10-19(11-9-18)21-7-5-15-31-21)17-27(13-14-30-24)22(28)20-6-3-4-12-26-20/h3-12,15H,2,13-14,16-17H2,1H3,(H,25,29). The zero-order chi connectivity index (χ0) is 21.7. The Morgan fingerprint density at radius 2 is 2.00 bits per heavy atom. The maximum Gasteiger partial charge on any atom is 0.272 e. The summed E-state index contributed by atoms with van der Waals surface area (Å²) in [5.74, 6) is -0.388. The Bertz CT molecular complexity index is 1020. The fourth-order valence-electron chi connectivity index (χ4n) is 3.81. The zero-order valence-corrected chi connectivity index (χ0v) is 18.2. The number of ether oxygens (including phenoxy) is 1. The Labute approximate surface area is 185 Å². The van der Waals surface area contributed by atoms with Crippen LogP contribution in [0.4, 0.5) is 0 Å². The molecule has 2 amide bonds. The molecule has 3 heterocycles. The van der Waals surface area contributed by atoms with Crippen molar-refractivity contribution in [2.24, 2.45) is 0 Å². The van der Waals surface area contributed by atoms with Gasteiger partial charge in [0.15, 0.2) is 5.60 Å². The van der Waals surface area contributed by atoms with E-state index >= 15 is 0 Å². The third kappa shape index (κ3) is 4.68. The van der Waals surface area contributed by atoms with Crippen LogP contribution in [-0.4, -0.2) is 53.5 Å². The minimum Gasteiger partial charge on any atom is -0.361 e. The number of morpholine rings is 1. The van der Waals surface area contributed by atoms with Crippen molar-refractivity contribution in [3.8, 4) is 10.4 Å². The monoisotopic (exact) mass is 435 g/mol. The minimum absolute atomic E-state index is 0.181. The lowest BCUT2D eigenvalue weighted by Gasteiger charge is -2.41. The van der Waals surface area contributed by atoms with Gasteiger partial charge < -0.3 is 15.0 Å². The van der Waals surface area contributed by atoms with Gasteiger partial charge >= 0.3 is 0 Å². The number of pyridine rings is 1. The van der Waals surface area contributed by atoms with Crippen LogP contribution in [0, 0.1) is 0 Å². The van der Waals surface area contributed by atoms with Crippen molar-refractivity contribution in [3.63, 3.8) is 0 Å². The van der Waals surface area contributed by atoms with Gasteiger partial charge in [0.2, 0.25) is 0 Å². The smallest absolute Gasteiger partial charge is 0.272 e. The summed E-state index contributed by atoms with van der Waals surface area (Å²) in [5.41, 5.74) is 1.36. The summed E-state index contributed by atoms with van der Waals surface area (Å²) in [4.78, 5) is 33.1. The van der Waals surface area contributed by atoms with Crippen molar-refractivity contribution in [3.05, 3.63) is 77.4 Å². The highest BCUT2D eigenvalue weighted by atomic mass is 32.1. The molecule has 1 saturated heterocycles. The molecule has 6 nitrogen and oxygen atoms in total. The number of aromatic nitrogens is 1. The van der Waals surface area contributed by atoms with Crippen LogP contribution in [0.15, 0.2) is 66.2 Å². The zero-order valence-electron chi connectivity index (χ0n) is 17.4. The molecule has 1 unspecified atom stereocenters. The fraction of sp³-hybridized carbons (Fsp3) is 0.292. The summed E-state index contributed by atoms with van der Waals surface area (Å²) >= 11 is 1.69. The van der Waals surface area contributed by atoms with E-state index in [1.54, 1.807) is 40.6 Å². The summed E-state index contributed by atoms with van der Waals surface area (Å²) < 4.78 is 6.08. The number of nitrogens with one attached hydrogen (secondary N) is 1. The molecule has 1 aliphatic rings. The van der Waals surface area contributed by atoms with Crippen LogP contribution in [0.1, 0.15) is 23.0 Å². The topological polar surface area (TPSA) is 71.5 Å². The third-order valence-electron chi connectivity index (χ3n) is 5.36. The van der Waals surface area contributed by atoms with E-state index in [1.165, 1.54) is 4.88 Å². The van der Waals surface area contributed by atoms with E-state index in [-0.39, 0.29) is 18.4 Å². The number of nitrogens with zero attached hydrogens (tertiary/aromatic N) is 2. The molecule has 3 aromatic rings. The predicted octanol–water partition coefficient (Wildman–Crippen LogP) is 3.40. The average Bonchev–Trinajstić information content (AvgIpc) is 3.35. The molecular formula is C24H25N3O3S. The van der Waals surface area contributed by atoms with Crippen molar-refractivity contribution in [2.45, 2.75) is 18.9 Å². The van der Waals surface area contributed by atoms with E-state index < -0.39 is 5.60 Å². The Morgan fingerprint density at radius 3 is 2.68 bits per heavy atom. The van der Waals surface area contributed by atoms with E-state index in [1.807, 2.05) is 25.1 Å².